The maximum absolute atomic E-state index is 10.4. The molecular formula is C8H16N2O2S. The Hall–Kier alpha value is -0.260. The average Bonchev–Trinajstić information content (AvgIpc) is 2.56. The minimum Gasteiger partial charge on any atom is -0.480 e. The fraction of sp³-hybridized carbons (Fsp3) is 0.875. The van der Waals surface area contributed by atoms with Crippen LogP contribution in [0, 0.1) is 5.92 Å². The molecule has 1 rings (SSSR count). The second-order valence-electron chi connectivity index (χ2n) is 3.33. The first kappa shape index (κ1) is 10.8. The Morgan fingerprint density at radius 1 is 1.77 bits per heavy atom. The molecule has 0 saturated carbocycles. The molecule has 5 heteroatoms. The van der Waals surface area contributed by atoms with Crippen molar-refractivity contribution >= 4 is 17.7 Å². The molecule has 4 nitrogen and oxygen atoms in total. The van der Waals surface area contributed by atoms with Crippen LogP contribution in [0.1, 0.15) is 6.42 Å². The van der Waals surface area contributed by atoms with Crippen LogP contribution in [0.5, 0.6) is 0 Å². The van der Waals surface area contributed by atoms with Crippen molar-refractivity contribution in [3.63, 3.8) is 0 Å². The van der Waals surface area contributed by atoms with Crippen molar-refractivity contribution < 1.29 is 9.90 Å². The molecule has 0 aliphatic carbocycles. The van der Waals surface area contributed by atoms with Crippen molar-refractivity contribution in [2.24, 2.45) is 11.7 Å². The van der Waals surface area contributed by atoms with Crippen molar-refractivity contribution in [2.75, 3.05) is 24.6 Å². The lowest BCUT2D eigenvalue weighted by Crippen LogP contribution is -2.41. The number of thioether (sulfide) groups is 1. The molecule has 76 valence electrons. The predicted molar refractivity (Wildman–Crippen MR) is 53.9 cm³/mol. The van der Waals surface area contributed by atoms with Crippen LogP contribution in [0.15, 0.2) is 0 Å². The van der Waals surface area contributed by atoms with Crippen LogP contribution in [-0.2, 0) is 4.79 Å². The number of nitrogens with two attached hydrogens (primary N) is 1. The standard InChI is InChI=1S/C8H16N2O2S/c9-7(8(11)12)4-10-3-6-1-2-13-5-6/h6-7,10H,1-5,9H2,(H,11,12). The van der Waals surface area contributed by atoms with Crippen LogP contribution in [0.3, 0.4) is 0 Å². The Morgan fingerprint density at radius 3 is 3.08 bits per heavy atom. The molecule has 0 aromatic carbocycles. The lowest BCUT2D eigenvalue weighted by molar-refractivity contribution is -0.138. The van der Waals surface area contributed by atoms with E-state index < -0.39 is 12.0 Å². The molecule has 2 unspecified atom stereocenters. The number of carbonyl (C=O) groups is 1. The molecule has 0 aromatic rings. The van der Waals surface area contributed by atoms with E-state index in [-0.39, 0.29) is 0 Å². The van der Waals surface area contributed by atoms with Crippen LogP contribution >= 0.6 is 11.8 Å². The molecule has 0 aromatic heterocycles. The van der Waals surface area contributed by atoms with Gasteiger partial charge in [0.2, 0.25) is 0 Å². The maximum atomic E-state index is 10.4. The number of nitrogens with one attached hydrogen (secondary N) is 1. The van der Waals surface area contributed by atoms with Crippen LogP contribution < -0.4 is 11.1 Å². The second-order valence-corrected chi connectivity index (χ2v) is 4.48. The van der Waals surface area contributed by atoms with Crippen molar-refractivity contribution in [3.8, 4) is 0 Å². The van der Waals surface area contributed by atoms with Crippen molar-refractivity contribution in [1.29, 1.82) is 0 Å². The highest BCUT2D eigenvalue weighted by atomic mass is 32.2. The van der Waals surface area contributed by atoms with E-state index in [1.165, 1.54) is 17.9 Å². The first-order valence-electron chi connectivity index (χ1n) is 4.47. The zero-order chi connectivity index (χ0) is 9.68. The van der Waals surface area contributed by atoms with Gasteiger partial charge in [0.25, 0.3) is 0 Å². The minimum atomic E-state index is -0.937. The number of carboxylic acid groups (broad SMARTS) is 1. The van der Waals surface area contributed by atoms with Gasteiger partial charge in [-0.1, -0.05) is 0 Å². The van der Waals surface area contributed by atoms with Crippen molar-refractivity contribution in [2.45, 2.75) is 12.5 Å². The van der Waals surface area contributed by atoms with Crippen LogP contribution in [0.25, 0.3) is 0 Å². The molecule has 0 bridgehead atoms. The highest BCUT2D eigenvalue weighted by Crippen LogP contribution is 2.22. The lowest BCUT2D eigenvalue weighted by atomic mass is 10.1. The van der Waals surface area contributed by atoms with Crippen molar-refractivity contribution in [3.05, 3.63) is 0 Å². The second kappa shape index (κ2) is 5.47. The summed E-state index contributed by atoms with van der Waals surface area (Å²) in [6.45, 7) is 1.27. The molecule has 4 N–H and O–H groups in total. The summed E-state index contributed by atoms with van der Waals surface area (Å²) in [6.07, 6.45) is 1.24. The Kier molecular flexibility index (Phi) is 4.55. The third-order valence-corrected chi connectivity index (χ3v) is 3.37. The summed E-state index contributed by atoms with van der Waals surface area (Å²) in [6, 6.07) is -0.769. The summed E-state index contributed by atoms with van der Waals surface area (Å²) >= 11 is 1.96. The third kappa shape index (κ3) is 3.97. The SMILES string of the molecule is NC(CNCC1CCSC1)C(=O)O. The molecule has 1 aliphatic heterocycles. The van der Waals surface area contributed by atoms with E-state index in [1.54, 1.807) is 0 Å². The smallest absolute Gasteiger partial charge is 0.321 e. The monoisotopic (exact) mass is 204 g/mol. The number of hydrogen-bond donors (Lipinski definition) is 3. The van der Waals surface area contributed by atoms with Gasteiger partial charge in [-0.2, -0.15) is 11.8 Å². The summed E-state index contributed by atoms with van der Waals surface area (Å²) in [7, 11) is 0. The zero-order valence-electron chi connectivity index (χ0n) is 7.53. The summed E-state index contributed by atoms with van der Waals surface area (Å²) in [5.41, 5.74) is 5.33. The van der Waals surface area contributed by atoms with Gasteiger partial charge in [-0.3, -0.25) is 4.79 Å². The Balaban J connectivity index is 2.02. The van der Waals surface area contributed by atoms with Gasteiger partial charge in [0.05, 0.1) is 0 Å². The molecule has 1 saturated heterocycles. The number of carboxylic acids is 1. The van der Waals surface area contributed by atoms with E-state index >= 15 is 0 Å². The Labute approximate surface area is 82.3 Å². The van der Waals surface area contributed by atoms with E-state index in [1.807, 2.05) is 11.8 Å². The summed E-state index contributed by atoms with van der Waals surface area (Å²) < 4.78 is 0. The third-order valence-electron chi connectivity index (χ3n) is 2.14. The lowest BCUT2D eigenvalue weighted by Gasteiger charge is -2.11. The van der Waals surface area contributed by atoms with Gasteiger partial charge < -0.3 is 16.2 Å². The first-order valence-corrected chi connectivity index (χ1v) is 5.62. The van der Waals surface area contributed by atoms with Gasteiger partial charge in [-0.05, 0) is 30.4 Å². The van der Waals surface area contributed by atoms with Crippen LogP contribution in [-0.4, -0.2) is 41.7 Å². The molecule has 1 fully saturated rings. The highest BCUT2D eigenvalue weighted by molar-refractivity contribution is 7.99. The molecule has 0 amide bonds. The molecule has 1 aliphatic rings. The topological polar surface area (TPSA) is 75.3 Å². The minimum absolute atomic E-state index is 0.372. The summed E-state index contributed by atoms with van der Waals surface area (Å²) in [5.74, 6) is 2.19. The van der Waals surface area contributed by atoms with Gasteiger partial charge in [0.1, 0.15) is 6.04 Å². The highest BCUT2D eigenvalue weighted by Gasteiger charge is 2.16. The number of aliphatic carboxylic acids is 1. The van der Waals surface area contributed by atoms with Crippen LogP contribution in [0.2, 0.25) is 0 Å². The molecule has 1 heterocycles. The molecule has 13 heavy (non-hydrogen) atoms. The van der Waals surface area contributed by atoms with Gasteiger partial charge in [0.15, 0.2) is 0 Å². The summed E-state index contributed by atoms with van der Waals surface area (Å²) in [5, 5.41) is 11.6. The molecule has 2 atom stereocenters. The zero-order valence-corrected chi connectivity index (χ0v) is 8.35. The van der Waals surface area contributed by atoms with E-state index in [2.05, 4.69) is 5.32 Å². The van der Waals surface area contributed by atoms with E-state index in [4.69, 9.17) is 10.8 Å². The van der Waals surface area contributed by atoms with E-state index in [0.717, 1.165) is 6.54 Å². The fourth-order valence-corrected chi connectivity index (χ4v) is 2.56. The molecular weight excluding hydrogens is 188 g/mol. The molecule has 0 spiro atoms. The van der Waals surface area contributed by atoms with Gasteiger partial charge in [-0.15, -0.1) is 0 Å². The normalized spacial score (nSPS) is 24.5. The Morgan fingerprint density at radius 2 is 2.54 bits per heavy atom. The fourth-order valence-electron chi connectivity index (χ4n) is 1.27. The Bertz CT molecular complexity index is 172. The van der Waals surface area contributed by atoms with Gasteiger partial charge in [0, 0.05) is 6.54 Å². The predicted octanol–water partition coefficient (Wildman–Crippen LogP) is -0.259. The average molecular weight is 204 g/mol. The molecule has 0 radical (unpaired) electrons. The number of hydrogen-bond acceptors (Lipinski definition) is 4. The van der Waals surface area contributed by atoms with E-state index in [0.29, 0.717) is 12.5 Å². The quantitative estimate of drug-likeness (QED) is 0.575. The number of rotatable bonds is 5. The first-order chi connectivity index (χ1) is 6.20. The van der Waals surface area contributed by atoms with Gasteiger partial charge in [-0.25, -0.2) is 0 Å². The maximum Gasteiger partial charge on any atom is 0.321 e. The van der Waals surface area contributed by atoms with Crippen LogP contribution in [0.4, 0.5) is 0 Å². The van der Waals surface area contributed by atoms with Gasteiger partial charge >= 0.3 is 5.97 Å². The summed E-state index contributed by atoms with van der Waals surface area (Å²) in [4.78, 5) is 10.4. The van der Waals surface area contributed by atoms with Crippen molar-refractivity contribution in [1.82, 2.24) is 5.32 Å². The van der Waals surface area contributed by atoms with E-state index in [9.17, 15) is 4.79 Å². The largest absolute Gasteiger partial charge is 0.480 e.